The summed E-state index contributed by atoms with van der Waals surface area (Å²) in [4.78, 5) is 53.6. The first-order valence-electron chi connectivity index (χ1n) is 13.2. The van der Waals surface area contributed by atoms with Gasteiger partial charge in [-0.3, -0.25) is 19.3 Å². The zero-order valence-electron chi connectivity index (χ0n) is 21.4. The van der Waals surface area contributed by atoms with Crippen LogP contribution in [-0.4, -0.2) is 29.7 Å². The fourth-order valence-corrected chi connectivity index (χ4v) is 6.78. The predicted octanol–water partition coefficient (Wildman–Crippen LogP) is 5.35. The van der Waals surface area contributed by atoms with Crippen LogP contribution in [0.2, 0.25) is 0 Å². The van der Waals surface area contributed by atoms with E-state index < -0.39 is 12.1 Å². The first kappa shape index (κ1) is 24.3. The summed E-state index contributed by atoms with van der Waals surface area (Å²) in [7, 11) is 0. The maximum Gasteiger partial charge on any atom is 0.338 e. The number of amides is 2. The number of nitrogens with zero attached hydrogens (tertiary/aromatic N) is 1. The lowest BCUT2D eigenvalue weighted by atomic mass is 9.73. The summed E-state index contributed by atoms with van der Waals surface area (Å²) in [6, 6.07) is 23.7. The van der Waals surface area contributed by atoms with E-state index in [1.807, 2.05) is 37.3 Å². The molecule has 2 bridgehead atoms. The fraction of sp³-hybridized carbons (Fsp3) is 0.312. The summed E-state index contributed by atoms with van der Waals surface area (Å²) in [5.74, 6) is -1.03. The van der Waals surface area contributed by atoms with Gasteiger partial charge in [0.2, 0.25) is 17.6 Å². The third-order valence-electron chi connectivity index (χ3n) is 8.59. The van der Waals surface area contributed by atoms with Crippen LogP contribution >= 0.6 is 0 Å². The van der Waals surface area contributed by atoms with Crippen LogP contribution in [0.3, 0.4) is 0 Å². The molecule has 6 unspecified atom stereocenters. The van der Waals surface area contributed by atoms with Crippen molar-refractivity contribution in [3.8, 4) is 0 Å². The SMILES string of the molecule is Cc1ccc(C(=O)C(C)OC(=O)c2ccc(N3C(=O)C4C5CC(c6ccccc6)C(C5)C4C3=O)cc2)cc1. The van der Waals surface area contributed by atoms with Crippen molar-refractivity contribution in [1.82, 2.24) is 0 Å². The number of hydrogen-bond acceptors (Lipinski definition) is 5. The Bertz CT molecular complexity index is 1410. The smallest absolute Gasteiger partial charge is 0.338 e. The highest BCUT2D eigenvalue weighted by molar-refractivity contribution is 6.22. The molecule has 1 saturated heterocycles. The van der Waals surface area contributed by atoms with Crippen LogP contribution in [0.1, 0.15) is 57.5 Å². The number of ether oxygens (including phenoxy) is 1. The largest absolute Gasteiger partial charge is 0.451 e. The molecular weight excluding hydrogens is 478 g/mol. The molecule has 3 fully saturated rings. The predicted molar refractivity (Wildman–Crippen MR) is 142 cm³/mol. The number of aryl methyl sites for hydroxylation is 1. The van der Waals surface area contributed by atoms with Crippen LogP contribution in [0.25, 0.3) is 0 Å². The molecule has 3 aromatic rings. The second kappa shape index (κ2) is 9.35. The van der Waals surface area contributed by atoms with Crippen molar-refractivity contribution in [2.45, 2.75) is 38.7 Å². The molecule has 6 rings (SSSR count). The number of imide groups is 1. The second-order valence-electron chi connectivity index (χ2n) is 10.8. The average Bonchev–Trinajstić information content (AvgIpc) is 3.60. The third-order valence-corrected chi connectivity index (χ3v) is 8.59. The van der Waals surface area contributed by atoms with E-state index >= 15 is 0 Å². The Morgan fingerprint density at radius 2 is 1.45 bits per heavy atom. The quantitative estimate of drug-likeness (QED) is 0.255. The molecule has 6 nitrogen and oxygen atoms in total. The van der Waals surface area contributed by atoms with Crippen LogP contribution in [0, 0.1) is 30.6 Å². The molecule has 3 aliphatic rings. The van der Waals surface area contributed by atoms with Crippen molar-refractivity contribution < 1.29 is 23.9 Å². The second-order valence-corrected chi connectivity index (χ2v) is 10.8. The number of rotatable bonds is 6. The molecule has 1 aliphatic heterocycles. The van der Waals surface area contributed by atoms with Crippen molar-refractivity contribution in [3.05, 3.63) is 101 Å². The van der Waals surface area contributed by atoms with E-state index in [0.717, 1.165) is 18.4 Å². The Hall–Kier alpha value is -4.06. The van der Waals surface area contributed by atoms with Gasteiger partial charge in [-0.25, -0.2) is 4.79 Å². The molecule has 6 heteroatoms. The number of hydrogen-bond donors (Lipinski definition) is 0. The maximum absolute atomic E-state index is 13.5. The number of ketones is 1. The summed E-state index contributed by atoms with van der Waals surface area (Å²) < 4.78 is 5.41. The number of esters is 1. The van der Waals surface area contributed by atoms with Gasteiger partial charge < -0.3 is 4.74 Å². The van der Waals surface area contributed by atoms with Crippen molar-refractivity contribution >= 4 is 29.3 Å². The Labute approximate surface area is 221 Å². The van der Waals surface area contributed by atoms with E-state index in [1.54, 1.807) is 31.2 Å². The third kappa shape index (κ3) is 3.95. The Morgan fingerprint density at radius 3 is 2.13 bits per heavy atom. The molecule has 2 amide bonds. The molecular formula is C32H29NO5. The van der Waals surface area contributed by atoms with Gasteiger partial charge in [-0.05, 0) is 74.3 Å². The van der Waals surface area contributed by atoms with Gasteiger partial charge in [0.1, 0.15) is 0 Å². The van der Waals surface area contributed by atoms with Crippen LogP contribution in [0.5, 0.6) is 0 Å². The van der Waals surface area contributed by atoms with Gasteiger partial charge in [-0.1, -0.05) is 60.2 Å². The standard InChI is InChI=1S/C32H29NO5/c1-18-8-10-21(11-9-18)29(34)19(2)38-32(37)22-12-14-24(15-13-22)33-30(35)27-23-16-25(20-6-4-3-5-7-20)26(17-23)28(27)31(33)36/h3-15,19,23,25-28H,16-17H2,1-2H3. The zero-order chi connectivity index (χ0) is 26.6. The number of benzene rings is 3. The Kier molecular flexibility index (Phi) is 5.98. The van der Waals surface area contributed by atoms with Crippen molar-refractivity contribution in [1.29, 1.82) is 0 Å². The molecule has 192 valence electrons. The van der Waals surface area contributed by atoms with Gasteiger partial charge in [0.05, 0.1) is 23.1 Å². The van der Waals surface area contributed by atoms with Gasteiger partial charge in [-0.15, -0.1) is 0 Å². The minimum Gasteiger partial charge on any atom is -0.451 e. The normalized spacial score (nSPS) is 26.4. The summed E-state index contributed by atoms with van der Waals surface area (Å²) in [6.45, 7) is 3.48. The number of carbonyl (C=O) groups is 4. The Balaban J connectivity index is 1.15. The van der Waals surface area contributed by atoms with E-state index in [0.29, 0.717) is 17.2 Å². The molecule has 0 aromatic heterocycles. The lowest BCUT2D eigenvalue weighted by molar-refractivity contribution is -0.123. The highest BCUT2D eigenvalue weighted by Gasteiger charge is 2.64. The number of carbonyl (C=O) groups excluding carboxylic acids is 4. The summed E-state index contributed by atoms with van der Waals surface area (Å²) in [5.41, 5.74) is 3.47. The first-order chi connectivity index (χ1) is 18.3. The molecule has 6 atom stereocenters. The van der Waals surface area contributed by atoms with E-state index in [9.17, 15) is 19.2 Å². The maximum atomic E-state index is 13.5. The van der Waals surface area contributed by atoms with Crippen LogP contribution in [0.15, 0.2) is 78.9 Å². The lowest BCUT2D eigenvalue weighted by Gasteiger charge is -2.28. The molecule has 38 heavy (non-hydrogen) atoms. The first-order valence-corrected chi connectivity index (χ1v) is 13.2. The molecule has 0 spiro atoms. The molecule has 3 aromatic carbocycles. The molecule has 2 saturated carbocycles. The monoisotopic (exact) mass is 507 g/mol. The number of fused-ring (bicyclic) bond motifs is 5. The van der Waals surface area contributed by atoms with Gasteiger partial charge in [0.25, 0.3) is 0 Å². The van der Waals surface area contributed by atoms with Crippen LogP contribution < -0.4 is 4.90 Å². The van der Waals surface area contributed by atoms with E-state index in [4.69, 9.17) is 4.74 Å². The van der Waals surface area contributed by atoms with E-state index in [2.05, 4.69) is 12.1 Å². The highest BCUT2D eigenvalue weighted by Crippen LogP contribution is 2.61. The molecule has 0 N–H and O–H groups in total. The molecule has 1 heterocycles. The van der Waals surface area contributed by atoms with Crippen molar-refractivity contribution in [3.63, 3.8) is 0 Å². The number of anilines is 1. The Morgan fingerprint density at radius 1 is 0.816 bits per heavy atom. The highest BCUT2D eigenvalue weighted by atomic mass is 16.5. The minimum atomic E-state index is -0.945. The van der Waals surface area contributed by atoms with Crippen LogP contribution in [-0.2, 0) is 14.3 Å². The van der Waals surface area contributed by atoms with Gasteiger partial charge in [0.15, 0.2) is 6.10 Å². The lowest BCUT2D eigenvalue weighted by Crippen LogP contribution is -2.33. The van der Waals surface area contributed by atoms with Gasteiger partial charge >= 0.3 is 5.97 Å². The number of Topliss-reactive ketones (excluding diaryl/α,β-unsaturated/α-hetero) is 1. The molecule has 2 aliphatic carbocycles. The minimum absolute atomic E-state index is 0.133. The summed E-state index contributed by atoms with van der Waals surface area (Å²) >= 11 is 0. The summed E-state index contributed by atoms with van der Waals surface area (Å²) in [6.07, 6.45) is 0.913. The van der Waals surface area contributed by atoms with Gasteiger partial charge in [0, 0.05) is 5.56 Å². The van der Waals surface area contributed by atoms with E-state index in [-0.39, 0.29) is 46.8 Å². The van der Waals surface area contributed by atoms with Crippen LogP contribution in [0.4, 0.5) is 5.69 Å². The fourth-order valence-electron chi connectivity index (χ4n) is 6.78. The van der Waals surface area contributed by atoms with Gasteiger partial charge in [-0.2, -0.15) is 0 Å². The van der Waals surface area contributed by atoms with Crippen molar-refractivity contribution in [2.75, 3.05) is 4.90 Å². The summed E-state index contributed by atoms with van der Waals surface area (Å²) in [5, 5.41) is 0. The average molecular weight is 508 g/mol. The topological polar surface area (TPSA) is 80.8 Å². The van der Waals surface area contributed by atoms with Crippen molar-refractivity contribution in [2.24, 2.45) is 23.7 Å². The zero-order valence-corrected chi connectivity index (χ0v) is 21.4. The molecule has 0 radical (unpaired) electrons. The van der Waals surface area contributed by atoms with E-state index in [1.165, 1.54) is 22.6 Å².